The topological polar surface area (TPSA) is 42.0 Å². The number of rotatable bonds is 27. The molecule has 1 aliphatic rings. The zero-order valence-electron chi connectivity index (χ0n) is 27.9. The third kappa shape index (κ3) is 17.5. The SMILES string of the molecule is CCCCCCCCCCCCOc1ccc(C(=O)CN2CCN(C)CC2)cc1OCCCCCCCCCCCC. The summed E-state index contributed by atoms with van der Waals surface area (Å²) in [4.78, 5) is 17.7. The molecule has 1 aliphatic heterocycles. The largest absolute Gasteiger partial charge is 0.490 e. The van der Waals surface area contributed by atoms with Gasteiger partial charge in [0.25, 0.3) is 0 Å². The van der Waals surface area contributed by atoms with E-state index in [9.17, 15) is 4.79 Å². The molecule has 1 fully saturated rings. The second kappa shape index (κ2) is 24.8. The molecule has 0 aromatic heterocycles. The van der Waals surface area contributed by atoms with E-state index in [1.807, 2.05) is 18.2 Å². The summed E-state index contributed by atoms with van der Waals surface area (Å²) in [7, 11) is 2.14. The lowest BCUT2D eigenvalue weighted by Crippen LogP contribution is -2.46. The van der Waals surface area contributed by atoms with E-state index in [4.69, 9.17) is 9.47 Å². The maximum atomic E-state index is 13.1. The molecule has 0 saturated carbocycles. The number of carbonyl (C=O) groups excluding carboxylic acids is 1. The predicted octanol–water partition coefficient (Wildman–Crippen LogP) is 9.72. The van der Waals surface area contributed by atoms with Crippen molar-refractivity contribution in [3.63, 3.8) is 0 Å². The summed E-state index contributed by atoms with van der Waals surface area (Å²) in [6, 6.07) is 5.82. The van der Waals surface area contributed by atoms with Crippen LogP contribution < -0.4 is 9.47 Å². The van der Waals surface area contributed by atoms with Gasteiger partial charge < -0.3 is 14.4 Å². The minimum Gasteiger partial charge on any atom is -0.490 e. The lowest BCUT2D eigenvalue weighted by atomic mass is 10.1. The average Bonchev–Trinajstić information content (AvgIpc) is 3.00. The van der Waals surface area contributed by atoms with Gasteiger partial charge in [-0.05, 0) is 38.1 Å². The van der Waals surface area contributed by atoms with Gasteiger partial charge in [-0.25, -0.2) is 0 Å². The van der Waals surface area contributed by atoms with Crippen LogP contribution in [0.3, 0.4) is 0 Å². The Morgan fingerprint density at radius 2 is 1.02 bits per heavy atom. The summed E-state index contributed by atoms with van der Waals surface area (Å²) in [5.41, 5.74) is 0.735. The van der Waals surface area contributed by atoms with Crippen molar-refractivity contribution in [2.45, 2.75) is 142 Å². The van der Waals surface area contributed by atoms with Crippen LogP contribution in [0.4, 0.5) is 0 Å². The number of Topliss-reactive ketones (excluding diaryl/α,β-unsaturated/α-hetero) is 1. The number of carbonyl (C=O) groups is 1. The van der Waals surface area contributed by atoms with Crippen LogP contribution in [-0.4, -0.2) is 68.6 Å². The minimum absolute atomic E-state index is 0.171. The van der Waals surface area contributed by atoms with Crippen LogP contribution in [-0.2, 0) is 0 Å². The molecule has 5 heteroatoms. The Balaban J connectivity index is 1.75. The summed E-state index contributed by atoms with van der Waals surface area (Å²) in [6.07, 6.45) is 26.2. The quantitative estimate of drug-likeness (QED) is 0.0758. The van der Waals surface area contributed by atoms with Crippen molar-refractivity contribution < 1.29 is 14.3 Å². The molecule has 0 radical (unpaired) electrons. The summed E-state index contributed by atoms with van der Waals surface area (Å²) in [5, 5.41) is 0. The van der Waals surface area contributed by atoms with E-state index in [1.54, 1.807) is 0 Å². The first kappa shape index (κ1) is 36.6. The molecule has 0 bridgehead atoms. The van der Waals surface area contributed by atoms with Crippen molar-refractivity contribution in [3.8, 4) is 11.5 Å². The number of piperazine rings is 1. The number of hydrogen-bond acceptors (Lipinski definition) is 5. The minimum atomic E-state index is 0.171. The maximum absolute atomic E-state index is 13.1. The number of ether oxygens (including phenoxy) is 2. The summed E-state index contributed by atoms with van der Waals surface area (Å²) in [5.74, 6) is 1.70. The fraction of sp³-hybridized carbons (Fsp3) is 0.811. The van der Waals surface area contributed by atoms with Crippen molar-refractivity contribution in [3.05, 3.63) is 23.8 Å². The fourth-order valence-electron chi connectivity index (χ4n) is 5.76. The van der Waals surface area contributed by atoms with Gasteiger partial charge in [-0.15, -0.1) is 0 Å². The molecule has 5 nitrogen and oxygen atoms in total. The molecule has 0 aliphatic carbocycles. The number of unbranched alkanes of at least 4 members (excludes halogenated alkanes) is 18. The first-order valence-corrected chi connectivity index (χ1v) is 18.0. The van der Waals surface area contributed by atoms with Crippen LogP contribution >= 0.6 is 0 Å². The van der Waals surface area contributed by atoms with Crippen molar-refractivity contribution in [1.82, 2.24) is 9.80 Å². The molecule has 0 unspecified atom stereocenters. The monoisotopic (exact) mass is 587 g/mol. The van der Waals surface area contributed by atoms with Gasteiger partial charge in [0.1, 0.15) is 0 Å². The van der Waals surface area contributed by atoms with Gasteiger partial charge in [0, 0.05) is 31.7 Å². The second-order valence-corrected chi connectivity index (χ2v) is 12.7. The molecule has 1 heterocycles. The lowest BCUT2D eigenvalue weighted by Gasteiger charge is -2.31. The van der Waals surface area contributed by atoms with Crippen molar-refractivity contribution >= 4 is 5.78 Å². The molecule has 0 spiro atoms. The van der Waals surface area contributed by atoms with Crippen LogP contribution in [0.15, 0.2) is 18.2 Å². The standard InChI is InChI=1S/C37H66N2O3/c1-4-6-8-10-12-14-16-18-20-22-30-41-36-25-24-34(35(40)33-39-28-26-38(3)27-29-39)32-37(36)42-31-23-21-19-17-15-13-11-9-7-5-2/h24-25,32H,4-23,26-31,33H2,1-3H3. The second-order valence-electron chi connectivity index (χ2n) is 12.7. The van der Waals surface area contributed by atoms with Gasteiger partial charge in [0.05, 0.1) is 19.8 Å². The molecule has 0 atom stereocenters. The Kier molecular flexibility index (Phi) is 21.6. The Morgan fingerprint density at radius 1 is 0.595 bits per heavy atom. The van der Waals surface area contributed by atoms with Crippen molar-refractivity contribution in [2.75, 3.05) is 53.0 Å². The van der Waals surface area contributed by atoms with Crippen LogP contribution in [0.25, 0.3) is 0 Å². The number of likely N-dealkylation sites (N-methyl/N-ethyl adjacent to an activating group) is 1. The molecule has 2 rings (SSSR count). The number of hydrogen-bond donors (Lipinski definition) is 0. The zero-order chi connectivity index (χ0) is 30.1. The van der Waals surface area contributed by atoms with Gasteiger partial charge in [-0.1, -0.05) is 129 Å². The first-order valence-electron chi connectivity index (χ1n) is 18.0. The Morgan fingerprint density at radius 3 is 1.50 bits per heavy atom. The molecule has 1 saturated heterocycles. The van der Waals surface area contributed by atoms with Gasteiger partial charge in [0.2, 0.25) is 0 Å². The molecule has 42 heavy (non-hydrogen) atoms. The van der Waals surface area contributed by atoms with E-state index in [-0.39, 0.29) is 5.78 Å². The van der Waals surface area contributed by atoms with Gasteiger partial charge in [-0.2, -0.15) is 0 Å². The van der Waals surface area contributed by atoms with Crippen LogP contribution in [0.2, 0.25) is 0 Å². The Labute approximate surface area is 260 Å². The molecule has 1 aromatic rings. The molecule has 1 aromatic carbocycles. The van der Waals surface area contributed by atoms with Crippen molar-refractivity contribution in [1.29, 1.82) is 0 Å². The highest BCUT2D eigenvalue weighted by molar-refractivity contribution is 5.98. The zero-order valence-corrected chi connectivity index (χ0v) is 27.9. The molecule has 0 amide bonds. The Hall–Kier alpha value is -1.59. The van der Waals surface area contributed by atoms with Crippen LogP contribution in [0, 0.1) is 0 Å². The molecular weight excluding hydrogens is 520 g/mol. The third-order valence-corrected chi connectivity index (χ3v) is 8.74. The normalized spacial score (nSPS) is 14.4. The van der Waals surface area contributed by atoms with Crippen LogP contribution in [0.5, 0.6) is 11.5 Å². The highest BCUT2D eigenvalue weighted by Gasteiger charge is 2.19. The molecule has 0 N–H and O–H groups in total. The van der Waals surface area contributed by atoms with E-state index >= 15 is 0 Å². The van der Waals surface area contributed by atoms with Gasteiger partial charge in [0.15, 0.2) is 17.3 Å². The summed E-state index contributed by atoms with van der Waals surface area (Å²) < 4.78 is 12.5. The fourth-order valence-corrected chi connectivity index (χ4v) is 5.76. The van der Waals surface area contributed by atoms with E-state index < -0.39 is 0 Å². The predicted molar refractivity (Wildman–Crippen MR) is 179 cm³/mol. The molecule has 242 valence electrons. The molecular formula is C37H66N2O3. The smallest absolute Gasteiger partial charge is 0.176 e. The highest BCUT2D eigenvalue weighted by atomic mass is 16.5. The number of ketones is 1. The van der Waals surface area contributed by atoms with E-state index in [0.29, 0.717) is 19.8 Å². The summed E-state index contributed by atoms with van der Waals surface area (Å²) in [6.45, 7) is 10.4. The van der Waals surface area contributed by atoms with Gasteiger partial charge >= 0.3 is 0 Å². The van der Waals surface area contributed by atoms with Gasteiger partial charge in [-0.3, -0.25) is 9.69 Å². The van der Waals surface area contributed by atoms with E-state index in [1.165, 1.54) is 116 Å². The maximum Gasteiger partial charge on any atom is 0.176 e. The van der Waals surface area contributed by atoms with E-state index in [2.05, 4.69) is 30.7 Å². The number of benzene rings is 1. The average molecular weight is 587 g/mol. The summed E-state index contributed by atoms with van der Waals surface area (Å²) >= 11 is 0. The first-order chi connectivity index (χ1) is 20.6. The van der Waals surface area contributed by atoms with E-state index in [0.717, 1.165) is 56.1 Å². The highest BCUT2D eigenvalue weighted by Crippen LogP contribution is 2.30. The third-order valence-electron chi connectivity index (χ3n) is 8.74. The Bertz CT molecular complexity index is 791. The lowest BCUT2D eigenvalue weighted by molar-refractivity contribution is 0.0876. The number of nitrogens with zero attached hydrogens (tertiary/aromatic N) is 2. The van der Waals surface area contributed by atoms with Crippen molar-refractivity contribution in [2.24, 2.45) is 0 Å². The van der Waals surface area contributed by atoms with Crippen LogP contribution in [0.1, 0.15) is 153 Å².